The number of ether oxygens (including phenoxy) is 1. The Morgan fingerprint density at radius 1 is 1.26 bits per heavy atom. The molecule has 2 aliphatic heterocycles. The lowest BCUT2D eigenvalue weighted by atomic mass is 9.98. The summed E-state index contributed by atoms with van der Waals surface area (Å²) in [4.78, 5) is 26.4. The molecule has 0 radical (unpaired) electrons. The second-order valence-corrected chi connectivity index (χ2v) is 6.97. The number of carbonyl (C=O) groups excluding carboxylic acids is 2. The molecule has 5 nitrogen and oxygen atoms in total. The molecular weight excluding hydrogens is 347 g/mol. The predicted octanol–water partition coefficient (Wildman–Crippen LogP) is 3.70. The van der Waals surface area contributed by atoms with Gasteiger partial charge in [0.25, 0.3) is 5.91 Å². The van der Waals surface area contributed by atoms with Crippen LogP contribution in [0.15, 0.2) is 36.4 Å². The molecule has 2 aromatic carbocycles. The summed E-state index contributed by atoms with van der Waals surface area (Å²) < 4.78 is 19.9. The molecule has 2 aromatic rings. The summed E-state index contributed by atoms with van der Waals surface area (Å²) in [5.41, 5.74) is 2.33. The maximum Gasteiger partial charge on any atom is 0.257 e. The molecule has 1 atom stereocenters. The number of hydrogen-bond donors (Lipinski definition) is 1. The molecule has 1 fully saturated rings. The van der Waals surface area contributed by atoms with Gasteiger partial charge >= 0.3 is 0 Å². The molecule has 2 amide bonds. The Morgan fingerprint density at radius 3 is 2.93 bits per heavy atom. The first-order valence-corrected chi connectivity index (χ1v) is 9.14. The van der Waals surface area contributed by atoms with Crippen molar-refractivity contribution in [1.29, 1.82) is 0 Å². The number of nitrogens with zero attached hydrogens (tertiary/aromatic N) is 1. The molecule has 4 rings (SSSR count). The van der Waals surface area contributed by atoms with Crippen molar-refractivity contribution in [2.24, 2.45) is 0 Å². The van der Waals surface area contributed by atoms with Gasteiger partial charge in [0.05, 0.1) is 18.7 Å². The van der Waals surface area contributed by atoms with Gasteiger partial charge in [-0.25, -0.2) is 4.39 Å². The zero-order chi connectivity index (χ0) is 19.0. The number of methoxy groups -OCH3 is 1. The van der Waals surface area contributed by atoms with Crippen LogP contribution in [0.2, 0.25) is 0 Å². The molecule has 0 aromatic heterocycles. The third kappa shape index (κ3) is 3.27. The van der Waals surface area contributed by atoms with Crippen LogP contribution >= 0.6 is 0 Å². The summed E-state index contributed by atoms with van der Waals surface area (Å²) in [7, 11) is 1.61. The maximum atomic E-state index is 14.6. The van der Waals surface area contributed by atoms with Gasteiger partial charge in [-0.15, -0.1) is 0 Å². The van der Waals surface area contributed by atoms with Crippen molar-refractivity contribution >= 4 is 17.5 Å². The number of amides is 2. The third-order valence-corrected chi connectivity index (χ3v) is 5.31. The van der Waals surface area contributed by atoms with Gasteiger partial charge < -0.3 is 15.0 Å². The highest BCUT2D eigenvalue weighted by atomic mass is 19.1. The number of hydrogen-bond acceptors (Lipinski definition) is 3. The lowest BCUT2D eigenvalue weighted by Gasteiger charge is -2.26. The minimum Gasteiger partial charge on any atom is -0.497 e. The number of fused-ring (bicyclic) bond motifs is 1. The van der Waals surface area contributed by atoms with Crippen molar-refractivity contribution in [3.8, 4) is 5.75 Å². The van der Waals surface area contributed by atoms with Crippen molar-refractivity contribution < 1.29 is 18.7 Å². The van der Waals surface area contributed by atoms with E-state index >= 15 is 0 Å². The van der Waals surface area contributed by atoms with Gasteiger partial charge in [0.15, 0.2) is 0 Å². The van der Waals surface area contributed by atoms with Crippen LogP contribution in [-0.2, 0) is 11.2 Å². The Balaban J connectivity index is 1.64. The van der Waals surface area contributed by atoms with E-state index in [-0.39, 0.29) is 23.4 Å². The Bertz CT molecular complexity index is 912. The van der Waals surface area contributed by atoms with Crippen LogP contribution in [-0.4, -0.2) is 30.4 Å². The van der Waals surface area contributed by atoms with Crippen LogP contribution in [0.4, 0.5) is 10.1 Å². The summed E-state index contributed by atoms with van der Waals surface area (Å²) in [5, 5.41) is 2.67. The van der Waals surface area contributed by atoms with Crippen molar-refractivity contribution in [3.63, 3.8) is 0 Å². The number of nitrogens with one attached hydrogen (secondary N) is 1. The second kappa shape index (κ2) is 7.02. The first kappa shape index (κ1) is 17.5. The largest absolute Gasteiger partial charge is 0.497 e. The van der Waals surface area contributed by atoms with E-state index in [0.29, 0.717) is 25.1 Å². The SMILES string of the molecule is COc1cccc(C2CCCN2C(=O)c2cc3c(cc2F)NC(=O)CC3)c1. The lowest BCUT2D eigenvalue weighted by molar-refractivity contribution is -0.116. The maximum absolute atomic E-state index is 14.6. The van der Waals surface area contributed by atoms with E-state index < -0.39 is 5.82 Å². The molecule has 140 valence electrons. The molecule has 0 bridgehead atoms. The van der Waals surface area contributed by atoms with Gasteiger partial charge in [0, 0.05) is 18.7 Å². The minimum atomic E-state index is -0.600. The molecule has 0 aliphatic carbocycles. The molecule has 6 heteroatoms. The third-order valence-electron chi connectivity index (χ3n) is 5.31. The van der Waals surface area contributed by atoms with Crippen LogP contribution in [0.25, 0.3) is 0 Å². The number of anilines is 1. The number of carbonyl (C=O) groups is 2. The van der Waals surface area contributed by atoms with Gasteiger partial charge in [-0.1, -0.05) is 12.1 Å². The predicted molar refractivity (Wildman–Crippen MR) is 99.4 cm³/mol. The van der Waals surface area contributed by atoms with E-state index in [2.05, 4.69) is 5.32 Å². The van der Waals surface area contributed by atoms with Crippen LogP contribution in [0.1, 0.15) is 46.8 Å². The fraction of sp³-hybridized carbons (Fsp3) is 0.333. The zero-order valence-electron chi connectivity index (χ0n) is 15.1. The molecule has 27 heavy (non-hydrogen) atoms. The van der Waals surface area contributed by atoms with Gasteiger partial charge in [-0.05, 0) is 54.7 Å². The van der Waals surface area contributed by atoms with Gasteiger partial charge in [0.2, 0.25) is 5.91 Å². The normalized spacial score (nSPS) is 18.8. The first-order valence-electron chi connectivity index (χ1n) is 9.14. The van der Waals surface area contributed by atoms with E-state index in [1.54, 1.807) is 18.1 Å². The molecule has 0 saturated carbocycles. The number of likely N-dealkylation sites (tertiary alicyclic amines) is 1. The highest BCUT2D eigenvalue weighted by molar-refractivity contribution is 5.98. The molecule has 1 N–H and O–H groups in total. The summed E-state index contributed by atoms with van der Waals surface area (Å²) in [6, 6.07) is 10.4. The zero-order valence-corrected chi connectivity index (χ0v) is 15.1. The molecule has 2 heterocycles. The average Bonchev–Trinajstić information content (AvgIpc) is 3.16. The highest BCUT2D eigenvalue weighted by Crippen LogP contribution is 2.35. The summed E-state index contributed by atoms with van der Waals surface area (Å²) in [6.45, 7) is 0.591. The van der Waals surface area contributed by atoms with Crippen LogP contribution in [0, 0.1) is 5.82 Å². The standard InChI is InChI=1S/C21H21FN2O3/c1-27-15-5-2-4-14(10-15)19-6-3-9-24(19)21(26)16-11-13-7-8-20(25)23-18(13)12-17(16)22/h2,4-5,10-12,19H,3,6-9H2,1H3,(H,23,25). The Labute approximate surface area is 157 Å². The van der Waals surface area contributed by atoms with Crippen molar-refractivity contribution in [3.05, 3.63) is 58.9 Å². The number of benzene rings is 2. The number of halogens is 1. The average molecular weight is 368 g/mol. The van der Waals surface area contributed by atoms with Crippen LogP contribution in [0.3, 0.4) is 0 Å². The Kier molecular flexibility index (Phi) is 4.56. The fourth-order valence-electron chi connectivity index (χ4n) is 3.93. The monoisotopic (exact) mass is 368 g/mol. The van der Waals surface area contributed by atoms with Gasteiger partial charge in [0.1, 0.15) is 11.6 Å². The highest BCUT2D eigenvalue weighted by Gasteiger charge is 2.32. The fourth-order valence-corrected chi connectivity index (χ4v) is 3.93. The van der Waals surface area contributed by atoms with Crippen molar-refractivity contribution in [1.82, 2.24) is 4.90 Å². The Hall–Kier alpha value is -2.89. The van der Waals surface area contributed by atoms with E-state index in [4.69, 9.17) is 4.74 Å². The summed E-state index contributed by atoms with van der Waals surface area (Å²) in [6.07, 6.45) is 2.57. The molecular formula is C21H21FN2O3. The number of aryl methyl sites for hydroxylation is 1. The van der Waals surface area contributed by atoms with E-state index in [1.807, 2.05) is 24.3 Å². The molecule has 0 spiro atoms. The van der Waals surface area contributed by atoms with Gasteiger partial charge in [-0.3, -0.25) is 9.59 Å². The first-order chi connectivity index (χ1) is 13.1. The minimum absolute atomic E-state index is 0.0692. The molecule has 1 saturated heterocycles. The van der Waals surface area contributed by atoms with Crippen LogP contribution in [0.5, 0.6) is 5.75 Å². The van der Waals surface area contributed by atoms with E-state index in [0.717, 1.165) is 29.7 Å². The van der Waals surface area contributed by atoms with Gasteiger partial charge in [-0.2, -0.15) is 0 Å². The topological polar surface area (TPSA) is 58.6 Å². The quantitative estimate of drug-likeness (QED) is 0.899. The van der Waals surface area contributed by atoms with Crippen LogP contribution < -0.4 is 10.1 Å². The Morgan fingerprint density at radius 2 is 2.11 bits per heavy atom. The van der Waals surface area contributed by atoms with Crippen molar-refractivity contribution in [2.75, 3.05) is 19.0 Å². The van der Waals surface area contributed by atoms with Crippen molar-refractivity contribution in [2.45, 2.75) is 31.7 Å². The lowest BCUT2D eigenvalue weighted by Crippen LogP contribution is -2.31. The van der Waals surface area contributed by atoms with E-state index in [1.165, 1.54) is 6.07 Å². The second-order valence-electron chi connectivity index (χ2n) is 6.97. The molecule has 1 unspecified atom stereocenters. The van der Waals surface area contributed by atoms with E-state index in [9.17, 15) is 14.0 Å². The smallest absolute Gasteiger partial charge is 0.257 e. The molecule has 2 aliphatic rings. The number of rotatable bonds is 3. The summed E-state index contributed by atoms with van der Waals surface area (Å²) >= 11 is 0. The summed E-state index contributed by atoms with van der Waals surface area (Å²) in [5.74, 6) is -0.295.